The molecule has 0 saturated carbocycles. The molecule has 0 aromatic heterocycles. The fourth-order valence-corrected chi connectivity index (χ4v) is 3.13. The van der Waals surface area contributed by atoms with Gasteiger partial charge in [0.25, 0.3) is 0 Å². The summed E-state index contributed by atoms with van der Waals surface area (Å²) in [6, 6.07) is 4.80. The number of likely N-dealkylation sites (tertiary alicyclic amines) is 1. The van der Waals surface area contributed by atoms with E-state index in [9.17, 15) is 9.50 Å². The van der Waals surface area contributed by atoms with E-state index in [4.69, 9.17) is 0 Å². The Morgan fingerprint density at radius 1 is 1.39 bits per heavy atom. The first kappa shape index (κ1) is 14.0. The number of rotatable bonds is 1. The lowest BCUT2D eigenvalue weighted by Gasteiger charge is -2.37. The molecule has 1 aliphatic heterocycles. The van der Waals surface area contributed by atoms with Crippen LogP contribution in [0.15, 0.2) is 22.7 Å². The third-order valence-corrected chi connectivity index (χ3v) is 4.18. The van der Waals surface area contributed by atoms with Crippen molar-refractivity contribution >= 4 is 15.9 Å². The molecule has 1 saturated heterocycles. The van der Waals surface area contributed by atoms with Crippen LogP contribution in [0.4, 0.5) is 4.39 Å². The third-order valence-electron chi connectivity index (χ3n) is 3.46. The smallest absolute Gasteiger partial charge is 0.123 e. The number of halogens is 2. The van der Waals surface area contributed by atoms with Crippen LogP contribution in [0.2, 0.25) is 0 Å². The van der Waals surface area contributed by atoms with Crippen LogP contribution in [0.25, 0.3) is 0 Å². The van der Waals surface area contributed by atoms with Crippen molar-refractivity contribution < 1.29 is 9.50 Å². The molecule has 0 aliphatic carbocycles. The number of benzene rings is 1. The van der Waals surface area contributed by atoms with Gasteiger partial charge in [-0.05, 0) is 51.0 Å². The van der Waals surface area contributed by atoms with Gasteiger partial charge in [0, 0.05) is 22.6 Å². The van der Waals surface area contributed by atoms with E-state index in [1.807, 2.05) is 0 Å². The van der Waals surface area contributed by atoms with E-state index in [-0.39, 0.29) is 23.5 Å². The first-order chi connectivity index (χ1) is 8.29. The van der Waals surface area contributed by atoms with Crippen LogP contribution >= 0.6 is 15.9 Å². The van der Waals surface area contributed by atoms with E-state index in [2.05, 4.69) is 41.6 Å². The van der Waals surface area contributed by atoms with Crippen molar-refractivity contribution in [2.75, 3.05) is 6.54 Å². The Hall–Kier alpha value is -0.450. The maximum absolute atomic E-state index is 13.4. The highest BCUT2D eigenvalue weighted by atomic mass is 79.9. The second kappa shape index (κ2) is 4.91. The predicted octanol–water partition coefficient (Wildman–Crippen LogP) is 3.49. The lowest BCUT2D eigenvalue weighted by atomic mass is 9.99. The van der Waals surface area contributed by atoms with Crippen LogP contribution in [0, 0.1) is 5.82 Å². The number of nitrogens with zero attached hydrogens (tertiary/aromatic N) is 1. The Labute approximate surface area is 116 Å². The monoisotopic (exact) mass is 315 g/mol. The van der Waals surface area contributed by atoms with Gasteiger partial charge >= 0.3 is 0 Å². The van der Waals surface area contributed by atoms with E-state index in [0.717, 1.165) is 10.0 Å². The summed E-state index contributed by atoms with van der Waals surface area (Å²) >= 11 is 3.48. The second-order valence-electron chi connectivity index (χ2n) is 5.89. The average Bonchev–Trinajstić information content (AvgIpc) is 2.63. The molecule has 1 heterocycles. The summed E-state index contributed by atoms with van der Waals surface area (Å²) in [5.74, 6) is -0.233. The van der Waals surface area contributed by atoms with Crippen molar-refractivity contribution in [3.05, 3.63) is 34.1 Å². The molecule has 0 spiro atoms. The van der Waals surface area contributed by atoms with Crippen LogP contribution < -0.4 is 0 Å². The maximum atomic E-state index is 13.4. The molecule has 1 N–H and O–H groups in total. The Bertz CT molecular complexity index is 444. The van der Waals surface area contributed by atoms with Crippen molar-refractivity contribution in [3.8, 4) is 0 Å². The summed E-state index contributed by atoms with van der Waals surface area (Å²) in [5.41, 5.74) is 0.870. The minimum Gasteiger partial charge on any atom is -0.392 e. The van der Waals surface area contributed by atoms with Crippen LogP contribution in [0.1, 0.15) is 38.8 Å². The first-order valence-corrected chi connectivity index (χ1v) is 6.98. The molecule has 2 nitrogen and oxygen atoms in total. The number of hydrogen-bond acceptors (Lipinski definition) is 2. The van der Waals surface area contributed by atoms with E-state index in [0.29, 0.717) is 13.0 Å². The van der Waals surface area contributed by atoms with E-state index in [1.54, 1.807) is 12.1 Å². The number of aliphatic hydroxyl groups excluding tert-OH is 1. The van der Waals surface area contributed by atoms with E-state index in [1.165, 1.54) is 6.07 Å². The zero-order valence-corrected chi connectivity index (χ0v) is 12.5. The molecule has 0 radical (unpaired) electrons. The summed E-state index contributed by atoms with van der Waals surface area (Å²) in [6.45, 7) is 6.98. The molecule has 1 unspecified atom stereocenters. The van der Waals surface area contributed by atoms with Gasteiger partial charge < -0.3 is 5.11 Å². The molecule has 0 bridgehead atoms. The second-order valence-corrected chi connectivity index (χ2v) is 6.75. The molecule has 1 fully saturated rings. The molecule has 1 aromatic carbocycles. The van der Waals surface area contributed by atoms with Crippen molar-refractivity contribution in [1.29, 1.82) is 0 Å². The number of aliphatic hydroxyl groups is 1. The molecule has 1 aliphatic rings. The lowest BCUT2D eigenvalue weighted by Crippen LogP contribution is -2.41. The largest absolute Gasteiger partial charge is 0.392 e. The van der Waals surface area contributed by atoms with Crippen LogP contribution in [-0.2, 0) is 0 Å². The average molecular weight is 316 g/mol. The Morgan fingerprint density at radius 2 is 2.06 bits per heavy atom. The Kier molecular flexibility index (Phi) is 3.81. The van der Waals surface area contributed by atoms with Crippen LogP contribution in [-0.4, -0.2) is 28.2 Å². The number of β-amino-alcohol motifs (C(OH)–C–C–N with tert-alkyl or cyclic N) is 1. The van der Waals surface area contributed by atoms with Gasteiger partial charge in [0.05, 0.1) is 6.10 Å². The molecular formula is C14H19BrFNO. The fraction of sp³-hybridized carbons (Fsp3) is 0.571. The normalized spacial score (nSPS) is 25.7. The summed E-state index contributed by atoms with van der Waals surface area (Å²) in [6.07, 6.45) is 0.309. The van der Waals surface area contributed by atoms with Gasteiger partial charge in [-0.2, -0.15) is 0 Å². The summed E-state index contributed by atoms with van der Waals surface area (Å²) in [7, 11) is 0. The Morgan fingerprint density at radius 3 is 2.67 bits per heavy atom. The molecule has 2 rings (SSSR count). The third kappa shape index (κ3) is 2.76. The fourth-order valence-electron chi connectivity index (χ4n) is 2.62. The van der Waals surface area contributed by atoms with Gasteiger partial charge in [-0.3, -0.25) is 4.90 Å². The van der Waals surface area contributed by atoms with Gasteiger partial charge in [0.2, 0.25) is 0 Å². The lowest BCUT2D eigenvalue weighted by molar-refractivity contribution is 0.104. The molecular weight excluding hydrogens is 297 g/mol. The van der Waals surface area contributed by atoms with Gasteiger partial charge in [-0.15, -0.1) is 0 Å². The summed E-state index contributed by atoms with van der Waals surface area (Å²) in [5, 5.41) is 9.90. The molecule has 4 heteroatoms. The zero-order chi connectivity index (χ0) is 13.5. The molecule has 100 valence electrons. The molecule has 1 aromatic rings. The SMILES string of the molecule is CC(C)(C)N1CC(O)C[C@@H]1c1cc(F)ccc1Br. The van der Waals surface area contributed by atoms with Gasteiger partial charge in [-0.25, -0.2) is 4.39 Å². The van der Waals surface area contributed by atoms with E-state index >= 15 is 0 Å². The molecule has 2 atom stereocenters. The predicted molar refractivity (Wildman–Crippen MR) is 73.9 cm³/mol. The van der Waals surface area contributed by atoms with Crippen LogP contribution in [0.3, 0.4) is 0 Å². The van der Waals surface area contributed by atoms with Gasteiger partial charge in [-0.1, -0.05) is 15.9 Å². The van der Waals surface area contributed by atoms with Gasteiger partial charge in [0.15, 0.2) is 0 Å². The van der Waals surface area contributed by atoms with Gasteiger partial charge in [0.1, 0.15) is 5.82 Å². The van der Waals surface area contributed by atoms with Crippen LogP contribution in [0.5, 0.6) is 0 Å². The molecule has 18 heavy (non-hydrogen) atoms. The minimum atomic E-state index is -0.343. The Balaban J connectivity index is 2.39. The minimum absolute atomic E-state index is 0.0477. The summed E-state index contributed by atoms with van der Waals surface area (Å²) < 4.78 is 14.3. The van der Waals surface area contributed by atoms with Crippen molar-refractivity contribution in [2.45, 2.75) is 44.9 Å². The van der Waals surface area contributed by atoms with Crippen molar-refractivity contribution in [3.63, 3.8) is 0 Å². The number of hydrogen-bond donors (Lipinski definition) is 1. The standard InChI is InChI=1S/C14H19BrFNO/c1-14(2,3)17-8-10(18)7-13(17)11-6-9(16)4-5-12(11)15/h4-6,10,13,18H,7-8H2,1-3H3/t10?,13-/m1/s1. The molecule has 0 amide bonds. The highest BCUT2D eigenvalue weighted by molar-refractivity contribution is 9.10. The highest BCUT2D eigenvalue weighted by Gasteiger charge is 2.39. The quantitative estimate of drug-likeness (QED) is 0.857. The van der Waals surface area contributed by atoms with Crippen molar-refractivity contribution in [2.24, 2.45) is 0 Å². The topological polar surface area (TPSA) is 23.5 Å². The zero-order valence-electron chi connectivity index (χ0n) is 11.0. The first-order valence-electron chi connectivity index (χ1n) is 6.19. The van der Waals surface area contributed by atoms with Crippen molar-refractivity contribution in [1.82, 2.24) is 4.90 Å². The highest BCUT2D eigenvalue weighted by Crippen LogP contribution is 2.40. The maximum Gasteiger partial charge on any atom is 0.123 e. The van der Waals surface area contributed by atoms with E-state index < -0.39 is 0 Å². The summed E-state index contributed by atoms with van der Waals surface area (Å²) in [4.78, 5) is 2.23.